The lowest BCUT2D eigenvalue weighted by Gasteiger charge is -2.07. The first kappa shape index (κ1) is 12.3. The summed E-state index contributed by atoms with van der Waals surface area (Å²) in [5, 5.41) is 5.60. The Kier molecular flexibility index (Phi) is 4.16. The fraction of sp³-hybridized carbons (Fsp3) is 0.364. The molecule has 1 aliphatic heterocycles. The third kappa shape index (κ3) is 2.93. The molecular formula is C11H12BrClN2S. The van der Waals surface area contributed by atoms with E-state index in [2.05, 4.69) is 33.2 Å². The van der Waals surface area contributed by atoms with Crippen LogP contribution in [0.1, 0.15) is 13.3 Å². The third-order valence-corrected chi connectivity index (χ3v) is 4.85. The van der Waals surface area contributed by atoms with E-state index in [0.717, 1.165) is 28.3 Å². The standard InChI is InChI=1S/C11H12BrClN2S/c1-2-8-6-14-11(16-8)15-7-3-4-9(12)10(13)5-7/h3-5,8H,2,6H2,1H3,(H,14,15). The molecule has 0 radical (unpaired) electrons. The molecular weight excluding hydrogens is 308 g/mol. The van der Waals surface area contributed by atoms with Gasteiger partial charge in [-0.25, -0.2) is 0 Å². The Bertz CT molecular complexity index is 422. The first-order valence-electron chi connectivity index (χ1n) is 5.12. The zero-order valence-electron chi connectivity index (χ0n) is 8.84. The van der Waals surface area contributed by atoms with Gasteiger partial charge >= 0.3 is 0 Å². The molecule has 0 aromatic heterocycles. The Hall–Kier alpha value is -0.190. The van der Waals surface area contributed by atoms with Crippen LogP contribution >= 0.6 is 39.3 Å². The smallest absolute Gasteiger partial charge is 0.161 e. The van der Waals surface area contributed by atoms with E-state index in [-0.39, 0.29) is 0 Å². The van der Waals surface area contributed by atoms with E-state index in [1.165, 1.54) is 0 Å². The number of aliphatic imine (C=N–C) groups is 1. The van der Waals surface area contributed by atoms with Crippen molar-refractivity contribution in [1.29, 1.82) is 0 Å². The van der Waals surface area contributed by atoms with Crippen LogP contribution in [0.5, 0.6) is 0 Å². The summed E-state index contributed by atoms with van der Waals surface area (Å²) in [4.78, 5) is 4.45. The average molecular weight is 320 g/mol. The van der Waals surface area contributed by atoms with Crippen LogP contribution in [0.4, 0.5) is 5.69 Å². The fourth-order valence-electron chi connectivity index (χ4n) is 1.40. The van der Waals surface area contributed by atoms with Gasteiger partial charge in [0.05, 0.1) is 11.6 Å². The van der Waals surface area contributed by atoms with Crippen molar-refractivity contribution in [3.05, 3.63) is 27.7 Å². The Morgan fingerprint density at radius 3 is 3.06 bits per heavy atom. The van der Waals surface area contributed by atoms with Crippen molar-refractivity contribution in [3.8, 4) is 0 Å². The maximum Gasteiger partial charge on any atom is 0.161 e. The van der Waals surface area contributed by atoms with Gasteiger partial charge in [0, 0.05) is 15.4 Å². The average Bonchev–Trinajstić information content (AvgIpc) is 2.71. The fourth-order valence-corrected chi connectivity index (χ4v) is 2.78. The van der Waals surface area contributed by atoms with Gasteiger partial charge in [0.1, 0.15) is 0 Å². The second kappa shape index (κ2) is 5.43. The summed E-state index contributed by atoms with van der Waals surface area (Å²) in [6, 6.07) is 5.81. The van der Waals surface area contributed by atoms with Gasteiger partial charge in [0.25, 0.3) is 0 Å². The first-order valence-corrected chi connectivity index (χ1v) is 7.17. The maximum atomic E-state index is 6.02. The van der Waals surface area contributed by atoms with Crippen LogP contribution < -0.4 is 5.32 Å². The highest BCUT2D eigenvalue weighted by atomic mass is 79.9. The molecule has 0 spiro atoms. The van der Waals surface area contributed by atoms with Crippen molar-refractivity contribution in [2.24, 2.45) is 4.99 Å². The van der Waals surface area contributed by atoms with Crippen molar-refractivity contribution in [1.82, 2.24) is 0 Å². The van der Waals surface area contributed by atoms with Crippen LogP contribution in [-0.2, 0) is 0 Å². The van der Waals surface area contributed by atoms with Crippen molar-refractivity contribution in [2.75, 3.05) is 11.9 Å². The lowest BCUT2D eigenvalue weighted by Crippen LogP contribution is -2.06. The van der Waals surface area contributed by atoms with E-state index in [9.17, 15) is 0 Å². The largest absolute Gasteiger partial charge is 0.335 e. The molecule has 1 atom stereocenters. The van der Waals surface area contributed by atoms with Crippen LogP contribution in [0, 0.1) is 0 Å². The minimum atomic E-state index is 0.619. The van der Waals surface area contributed by atoms with Crippen molar-refractivity contribution >= 4 is 50.1 Å². The van der Waals surface area contributed by atoms with Crippen molar-refractivity contribution in [2.45, 2.75) is 18.6 Å². The predicted octanol–water partition coefficient (Wildman–Crippen LogP) is 4.40. The second-order valence-corrected chi connectivity index (χ2v) is 6.10. The number of benzene rings is 1. The maximum absolute atomic E-state index is 6.02. The van der Waals surface area contributed by atoms with Crippen LogP contribution in [0.3, 0.4) is 0 Å². The molecule has 1 aromatic carbocycles. The summed E-state index contributed by atoms with van der Waals surface area (Å²) in [6.07, 6.45) is 1.15. The minimum Gasteiger partial charge on any atom is -0.335 e. The van der Waals surface area contributed by atoms with Gasteiger partial charge in [-0.15, -0.1) is 0 Å². The van der Waals surface area contributed by atoms with Gasteiger partial charge in [-0.3, -0.25) is 4.99 Å². The number of nitrogens with zero attached hydrogens (tertiary/aromatic N) is 1. The van der Waals surface area contributed by atoms with E-state index in [1.807, 2.05) is 18.2 Å². The number of hydrogen-bond donors (Lipinski definition) is 1. The molecule has 1 unspecified atom stereocenters. The van der Waals surface area contributed by atoms with Gasteiger partial charge < -0.3 is 5.32 Å². The molecule has 2 nitrogen and oxygen atoms in total. The molecule has 1 aromatic rings. The predicted molar refractivity (Wildman–Crippen MR) is 76.7 cm³/mol. The van der Waals surface area contributed by atoms with Gasteiger partial charge in [-0.2, -0.15) is 0 Å². The third-order valence-electron chi connectivity index (χ3n) is 2.34. The zero-order valence-corrected chi connectivity index (χ0v) is 12.0. The van der Waals surface area contributed by atoms with E-state index in [0.29, 0.717) is 10.3 Å². The summed E-state index contributed by atoms with van der Waals surface area (Å²) < 4.78 is 0.909. The summed E-state index contributed by atoms with van der Waals surface area (Å²) in [5.74, 6) is 0. The van der Waals surface area contributed by atoms with Gasteiger partial charge in [0.2, 0.25) is 0 Å². The molecule has 1 N–H and O–H groups in total. The number of thioether (sulfide) groups is 1. The highest BCUT2D eigenvalue weighted by molar-refractivity contribution is 9.10. The van der Waals surface area contributed by atoms with E-state index in [1.54, 1.807) is 11.8 Å². The van der Waals surface area contributed by atoms with Gasteiger partial charge in [0.15, 0.2) is 5.17 Å². The molecule has 5 heteroatoms. The van der Waals surface area contributed by atoms with Gasteiger partial charge in [-0.05, 0) is 40.5 Å². The number of halogens is 2. The quantitative estimate of drug-likeness (QED) is 0.874. The van der Waals surface area contributed by atoms with Crippen LogP contribution in [-0.4, -0.2) is 17.0 Å². The monoisotopic (exact) mass is 318 g/mol. The molecule has 0 bridgehead atoms. The topological polar surface area (TPSA) is 24.4 Å². The number of anilines is 1. The normalized spacial score (nSPS) is 19.7. The number of hydrogen-bond acceptors (Lipinski definition) is 3. The summed E-state index contributed by atoms with van der Waals surface area (Å²) in [6.45, 7) is 3.10. The van der Waals surface area contributed by atoms with Gasteiger partial charge in [-0.1, -0.05) is 30.3 Å². The second-order valence-electron chi connectivity index (χ2n) is 3.55. The number of rotatable bonds is 2. The van der Waals surface area contributed by atoms with Crippen LogP contribution in [0.25, 0.3) is 0 Å². The van der Waals surface area contributed by atoms with Crippen LogP contribution in [0.2, 0.25) is 5.02 Å². The van der Waals surface area contributed by atoms with E-state index >= 15 is 0 Å². The number of amidine groups is 1. The lowest BCUT2D eigenvalue weighted by molar-refractivity contribution is 0.843. The Labute approximate surface area is 113 Å². The van der Waals surface area contributed by atoms with E-state index in [4.69, 9.17) is 11.6 Å². The summed E-state index contributed by atoms with van der Waals surface area (Å²) in [5.41, 5.74) is 0.983. The molecule has 0 saturated heterocycles. The Morgan fingerprint density at radius 1 is 1.62 bits per heavy atom. The molecule has 0 fully saturated rings. The molecule has 0 amide bonds. The Morgan fingerprint density at radius 2 is 2.44 bits per heavy atom. The zero-order chi connectivity index (χ0) is 11.5. The number of nitrogens with one attached hydrogen (secondary N) is 1. The van der Waals surface area contributed by atoms with Crippen molar-refractivity contribution < 1.29 is 0 Å². The van der Waals surface area contributed by atoms with E-state index < -0.39 is 0 Å². The summed E-state index contributed by atoms with van der Waals surface area (Å²) in [7, 11) is 0. The summed E-state index contributed by atoms with van der Waals surface area (Å²) >= 11 is 11.2. The highest BCUT2D eigenvalue weighted by Crippen LogP contribution is 2.28. The Balaban J connectivity index is 2.02. The molecule has 0 aliphatic carbocycles. The molecule has 0 saturated carbocycles. The molecule has 1 heterocycles. The molecule has 2 rings (SSSR count). The first-order chi connectivity index (χ1) is 7.69. The minimum absolute atomic E-state index is 0.619. The SMILES string of the molecule is CCC1CN=C(Nc2ccc(Br)c(Cl)c2)S1. The lowest BCUT2D eigenvalue weighted by atomic mass is 10.3. The van der Waals surface area contributed by atoms with Crippen LogP contribution in [0.15, 0.2) is 27.7 Å². The molecule has 16 heavy (non-hydrogen) atoms. The van der Waals surface area contributed by atoms with Crippen molar-refractivity contribution in [3.63, 3.8) is 0 Å². The molecule has 1 aliphatic rings. The molecule has 86 valence electrons. The highest BCUT2D eigenvalue weighted by Gasteiger charge is 2.17.